The molecule has 0 atom stereocenters. The number of likely N-dealkylation sites (tertiary alicyclic amines) is 1. The molecule has 4 heterocycles. The number of H-pyrrole nitrogens is 1. The summed E-state index contributed by atoms with van der Waals surface area (Å²) in [6.07, 6.45) is 10.9. The largest absolute Gasteiger partial charge is 0.322 e. The number of hydrogen-bond acceptors (Lipinski definition) is 4. The van der Waals surface area contributed by atoms with E-state index in [1.807, 2.05) is 18.0 Å². The molecule has 1 aliphatic heterocycles. The molecule has 1 spiro atoms. The molecular weight excluding hydrogens is 330 g/mol. The molecule has 1 aliphatic carbocycles. The van der Waals surface area contributed by atoms with Gasteiger partial charge in [-0.2, -0.15) is 10.2 Å². The van der Waals surface area contributed by atoms with Gasteiger partial charge in [0.15, 0.2) is 0 Å². The van der Waals surface area contributed by atoms with E-state index in [0.29, 0.717) is 11.4 Å². The van der Waals surface area contributed by atoms with Gasteiger partial charge < -0.3 is 10.2 Å². The van der Waals surface area contributed by atoms with Crippen molar-refractivity contribution in [3.05, 3.63) is 24.7 Å². The van der Waals surface area contributed by atoms with Gasteiger partial charge >= 0.3 is 6.03 Å². The summed E-state index contributed by atoms with van der Waals surface area (Å²) in [5, 5.41) is 15.4. The predicted molar refractivity (Wildman–Crippen MR) is 97.6 cm³/mol. The third-order valence-corrected chi connectivity index (χ3v) is 5.69. The predicted octanol–water partition coefficient (Wildman–Crippen LogP) is 2.91. The van der Waals surface area contributed by atoms with Gasteiger partial charge in [0.25, 0.3) is 0 Å². The number of hydrogen-bond donors (Lipinski definition) is 2. The lowest BCUT2D eigenvalue weighted by Crippen LogP contribution is -2.47. The first-order valence-corrected chi connectivity index (χ1v) is 9.06. The van der Waals surface area contributed by atoms with E-state index in [4.69, 9.17) is 0 Å². The topological polar surface area (TPSA) is 91.7 Å². The Labute approximate surface area is 150 Å². The fraction of sp³-hybridized carbons (Fsp3) is 0.444. The highest BCUT2D eigenvalue weighted by Crippen LogP contribution is 2.48. The summed E-state index contributed by atoms with van der Waals surface area (Å²) in [6, 6.07) is 1.92. The van der Waals surface area contributed by atoms with Crippen LogP contribution < -0.4 is 5.32 Å². The molecule has 1 saturated heterocycles. The number of urea groups is 1. The Hall–Kier alpha value is -2.90. The normalized spacial score (nSPS) is 18.4. The summed E-state index contributed by atoms with van der Waals surface area (Å²) in [5.74, 6) is 0. The maximum absolute atomic E-state index is 12.9. The van der Waals surface area contributed by atoms with Crippen LogP contribution in [0.3, 0.4) is 0 Å². The molecule has 2 fully saturated rings. The first-order valence-electron chi connectivity index (χ1n) is 9.06. The van der Waals surface area contributed by atoms with E-state index >= 15 is 0 Å². The fourth-order valence-electron chi connectivity index (χ4n) is 4.02. The zero-order chi connectivity index (χ0) is 17.7. The van der Waals surface area contributed by atoms with Crippen LogP contribution in [0.25, 0.3) is 22.3 Å². The second-order valence-corrected chi connectivity index (χ2v) is 7.32. The Bertz CT molecular complexity index is 985. The summed E-state index contributed by atoms with van der Waals surface area (Å²) in [4.78, 5) is 19.4. The molecular formula is C18H21N7O. The van der Waals surface area contributed by atoms with Crippen LogP contribution in [0.1, 0.15) is 32.1 Å². The molecule has 8 heteroatoms. The molecule has 2 N–H and O–H groups in total. The number of aryl methyl sites for hydroxylation is 1. The van der Waals surface area contributed by atoms with E-state index in [2.05, 4.69) is 25.6 Å². The fourth-order valence-corrected chi connectivity index (χ4v) is 4.02. The molecule has 134 valence electrons. The molecule has 8 nitrogen and oxygen atoms in total. The molecule has 1 saturated carbocycles. The molecule has 0 unspecified atom stereocenters. The number of aromatic amines is 1. The second kappa shape index (κ2) is 5.55. The Balaban J connectivity index is 1.43. The summed E-state index contributed by atoms with van der Waals surface area (Å²) >= 11 is 0. The Morgan fingerprint density at radius 2 is 2.12 bits per heavy atom. The van der Waals surface area contributed by atoms with Gasteiger partial charge in [0, 0.05) is 30.7 Å². The molecule has 2 amide bonds. The summed E-state index contributed by atoms with van der Waals surface area (Å²) in [5.41, 5.74) is 3.19. The minimum absolute atomic E-state index is 0.0357. The van der Waals surface area contributed by atoms with E-state index in [-0.39, 0.29) is 11.6 Å². The molecule has 3 aromatic heterocycles. The van der Waals surface area contributed by atoms with Crippen molar-refractivity contribution in [3.8, 4) is 11.4 Å². The van der Waals surface area contributed by atoms with E-state index < -0.39 is 0 Å². The van der Waals surface area contributed by atoms with Crippen molar-refractivity contribution in [1.82, 2.24) is 29.9 Å². The van der Waals surface area contributed by atoms with Gasteiger partial charge in [-0.05, 0) is 38.2 Å². The first-order chi connectivity index (χ1) is 12.7. The van der Waals surface area contributed by atoms with Crippen LogP contribution in [0, 0.1) is 0 Å². The minimum Gasteiger partial charge on any atom is -0.319 e. The number of nitrogens with one attached hydrogen (secondary N) is 2. The lowest BCUT2D eigenvalue weighted by atomic mass is 10.0. The third-order valence-electron chi connectivity index (χ3n) is 5.69. The number of carbonyl (C=O) groups excluding carboxylic acids is 1. The average Bonchev–Trinajstić information content (AvgIpc) is 3.09. The molecule has 0 aromatic carbocycles. The zero-order valence-electron chi connectivity index (χ0n) is 14.7. The quantitative estimate of drug-likeness (QED) is 0.742. The van der Waals surface area contributed by atoms with Crippen molar-refractivity contribution < 1.29 is 4.79 Å². The lowest BCUT2D eigenvalue weighted by Gasteiger charge is -2.36. The van der Waals surface area contributed by atoms with Gasteiger partial charge in [-0.15, -0.1) is 0 Å². The first kappa shape index (κ1) is 15.4. The van der Waals surface area contributed by atoms with Crippen LogP contribution in [0.4, 0.5) is 10.5 Å². The van der Waals surface area contributed by atoms with Crippen LogP contribution in [-0.2, 0) is 7.05 Å². The standard InChI is InChI=1S/C18H21N7O/c1-24-15-8-13(19-9-12(15)10-21-24)16-14(11-20-23-16)22-17(26)25-7-3-2-4-18(25)5-6-18/h8-11H,2-7H2,1H3,(H,20,23)(H,22,26). The summed E-state index contributed by atoms with van der Waals surface area (Å²) in [6.45, 7) is 0.832. The molecule has 3 aromatic rings. The van der Waals surface area contributed by atoms with E-state index in [9.17, 15) is 4.79 Å². The third kappa shape index (κ3) is 2.36. The van der Waals surface area contributed by atoms with Gasteiger partial charge in [-0.3, -0.25) is 14.8 Å². The minimum atomic E-state index is -0.0357. The number of fused-ring (bicyclic) bond motifs is 1. The van der Waals surface area contributed by atoms with Crippen molar-refractivity contribution in [2.75, 3.05) is 11.9 Å². The Morgan fingerprint density at radius 3 is 2.96 bits per heavy atom. The number of pyridine rings is 1. The van der Waals surface area contributed by atoms with E-state index in [1.165, 1.54) is 6.42 Å². The highest BCUT2D eigenvalue weighted by atomic mass is 16.2. The van der Waals surface area contributed by atoms with Gasteiger partial charge in [-0.25, -0.2) is 4.79 Å². The van der Waals surface area contributed by atoms with Crippen LogP contribution in [0.15, 0.2) is 24.7 Å². The van der Waals surface area contributed by atoms with Gasteiger partial charge in [0.1, 0.15) is 5.69 Å². The summed E-state index contributed by atoms with van der Waals surface area (Å²) < 4.78 is 1.81. The zero-order valence-corrected chi connectivity index (χ0v) is 14.7. The number of rotatable bonds is 2. The molecule has 0 bridgehead atoms. The molecule has 2 aliphatic rings. The van der Waals surface area contributed by atoms with Crippen LogP contribution >= 0.6 is 0 Å². The lowest BCUT2D eigenvalue weighted by molar-refractivity contribution is 0.151. The molecule has 0 radical (unpaired) electrons. The van der Waals surface area contributed by atoms with Crippen molar-refractivity contribution in [1.29, 1.82) is 0 Å². The van der Waals surface area contributed by atoms with Crippen molar-refractivity contribution in [2.24, 2.45) is 7.05 Å². The second-order valence-electron chi connectivity index (χ2n) is 7.32. The summed E-state index contributed by atoms with van der Waals surface area (Å²) in [7, 11) is 1.90. The Morgan fingerprint density at radius 1 is 1.23 bits per heavy atom. The maximum Gasteiger partial charge on any atom is 0.322 e. The van der Waals surface area contributed by atoms with Gasteiger partial charge in [-0.1, -0.05) is 0 Å². The highest BCUT2D eigenvalue weighted by molar-refractivity contribution is 5.94. The number of nitrogens with zero attached hydrogens (tertiary/aromatic N) is 5. The van der Waals surface area contributed by atoms with Crippen molar-refractivity contribution in [3.63, 3.8) is 0 Å². The maximum atomic E-state index is 12.9. The SMILES string of the molecule is Cn1ncc2cnc(-c3[nH]ncc3NC(=O)N3CCCCC34CC4)cc21. The number of anilines is 1. The number of amides is 2. The molecule has 26 heavy (non-hydrogen) atoms. The van der Waals surface area contributed by atoms with Crippen molar-refractivity contribution in [2.45, 2.75) is 37.6 Å². The number of piperidine rings is 1. The monoisotopic (exact) mass is 351 g/mol. The molecule has 5 rings (SSSR count). The highest BCUT2D eigenvalue weighted by Gasteiger charge is 2.51. The van der Waals surface area contributed by atoms with Crippen molar-refractivity contribution >= 4 is 22.6 Å². The average molecular weight is 351 g/mol. The van der Waals surface area contributed by atoms with E-state index in [1.54, 1.807) is 23.3 Å². The number of aromatic nitrogens is 5. The van der Waals surface area contributed by atoms with Gasteiger partial charge in [0.05, 0.1) is 29.3 Å². The van der Waals surface area contributed by atoms with Crippen LogP contribution in [0.2, 0.25) is 0 Å². The Kier molecular flexibility index (Phi) is 3.28. The number of carbonyl (C=O) groups is 1. The van der Waals surface area contributed by atoms with E-state index in [0.717, 1.165) is 48.8 Å². The van der Waals surface area contributed by atoms with Crippen LogP contribution in [0.5, 0.6) is 0 Å². The van der Waals surface area contributed by atoms with Crippen LogP contribution in [-0.4, -0.2) is 48.0 Å². The smallest absolute Gasteiger partial charge is 0.319 e. The van der Waals surface area contributed by atoms with Gasteiger partial charge in [0.2, 0.25) is 0 Å².